The van der Waals surface area contributed by atoms with Gasteiger partial charge in [0.05, 0.1) is 8.66 Å². The molecular formula is C16H10BrN3O3S. The van der Waals surface area contributed by atoms with Crippen LogP contribution in [0.5, 0.6) is 0 Å². The number of thiophene rings is 1. The van der Waals surface area contributed by atoms with Gasteiger partial charge in [-0.1, -0.05) is 18.2 Å². The maximum absolute atomic E-state index is 12.1. The topological polar surface area (TPSA) is 81.0 Å². The smallest absolute Gasteiger partial charge is 0.355 e. The van der Waals surface area contributed by atoms with Gasteiger partial charge in [0.1, 0.15) is 5.69 Å². The molecule has 120 valence electrons. The number of benzene rings is 1. The van der Waals surface area contributed by atoms with Gasteiger partial charge >= 0.3 is 5.97 Å². The predicted octanol–water partition coefficient (Wildman–Crippen LogP) is 4.40. The molecule has 6 nitrogen and oxygen atoms in total. The number of hydrogen-bond donors (Lipinski definition) is 1. The second kappa shape index (κ2) is 6.21. The zero-order valence-corrected chi connectivity index (χ0v) is 14.6. The Morgan fingerprint density at radius 1 is 1.25 bits per heavy atom. The lowest BCUT2D eigenvalue weighted by Crippen LogP contribution is -2.05. The molecule has 3 heterocycles. The van der Waals surface area contributed by atoms with E-state index in [2.05, 4.69) is 31.1 Å². The van der Waals surface area contributed by atoms with Crippen molar-refractivity contribution in [3.63, 3.8) is 0 Å². The minimum Gasteiger partial charge on any atom is -0.451 e. The molecule has 0 saturated carbocycles. The number of aromatic amines is 1. The van der Waals surface area contributed by atoms with Gasteiger partial charge in [0.2, 0.25) is 0 Å². The molecule has 4 aromatic rings. The number of nitrogens with zero attached hydrogens (tertiary/aromatic N) is 2. The highest BCUT2D eigenvalue weighted by molar-refractivity contribution is 9.11. The van der Waals surface area contributed by atoms with E-state index in [0.29, 0.717) is 11.6 Å². The number of carbonyl (C=O) groups is 1. The van der Waals surface area contributed by atoms with E-state index in [1.807, 2.05) is 36.4 Å². The number of nitrogens with one attached hydrogen (secondary N) is 1. The molecule has 0 aliphatic rings. The van der Waals surface area contributed by atoms with Gasteiger partial charge in [-0.3, -0.25) is 0 Å². The molecule has 1 N–H and O–H groups in total. The third kappa shape index (κ3) is 2.98. The second-order valence-corrected chi connectivity index (χ2v) is 7.41. The molecule has 0 spiro atoms. The number of ether oxygens (including phenoxy) is 1. The first kappa shape index (κ1) is 15.1. The van der Waals surface area contributed by atoms with Crippen molar-refractivity contribution >= 4 is 44.1 Å². The second-order valence-electron chi connectivity index (χ2n) is 4.95. The standard InChI is InChI=1S/C16H10BrN3O3S/c17-13-6-5-12(24-13)15-20-19-14(23-15)8-22-16(21)11-7-9-3-1-2-4-10(9)18-11/h1-7,18H,8H2. The summed E-state index contributed by atoms with van der Waals surface area (Å²) >= 11 is 4.87. The summed E-state index contributed by atoms with van der Waals surface area (Å²) in [4.78, 5) is 16.0. The first-order valence-corrected chi connectivity index (χ1v) is 8.63. The third-order valence-electron chi connectivity index (χ3n) is 3.33. The van der Waals surface area contributed by atoms with Crippen LogP contribution in [0.3, 0.4) is 0 Å². The van der Waals surface area contributed by atoms with Gasteiger partial charge in [0, 0.05) is 10.9 Å². The molecule has 1 aromatic carbocycles. The molecule has 4 rings (SSSR count). The lowest BCUT2D eigenvalue weighted by molar-refractivity contribution is 0.0433. The van der Waals surface area contributed by atoms with Gasteiger partial charge in [-0.05, 0) is 40.2 Å². The molecule has 0 atom stereocenters. The average molecular weight is 404 g/mol. The first-order valence-electron chi connectivity index (χ1n) is 7.02. The summed E-state index contributed by atoms with van der Waals surface area (Å²) in [7, 11) is 0. The van der Waals surface area contributed by atoms with Gasteiger partial charge in [-0.25, -0.2) is 4.79 Å². The quantitative estimate of drug-likeness (QED) is 0.510. The molecule has 0 bridgehead atoms. The predicted molar refractivity (Wildman–Crippen MR) is 92.7 cm³/mol. The molecule has 0 saturated heterocycles. The SMILES string of the molecule is O=C(OCc1nnc(-c2ccc(Br)s2)o1)c1cc2ccccc2[nH]1. The van der Waals surface area contributed by atoms with Crippen LogP contribution >= 0.6 is 27.3 Å². The summed E-state index contributed by atoms with van der Waals surface area (Å²) < 4.78 is 11.7. The Labute approximate surface area is 148 Å². The summed E-state index contributed by atoms with van der Waals surface area (Å²) in [5.41, 5.74) is 1.27. The number of aromatic nitrogens is 3. The lowest BCUT2D eigenvalue weighted by Gasteiger charge is -1.99. The van der Waals surface area contributed by atoms with Crippen LogP contribution in [-0.2, 0) is 11.3 Å². The van der Waals surface area contributed by atoms with Gasteiger partial charge in [-0.15, -0.1) is 21.5 Å². The van der Waals surface area contributed by atoms with Crippen molar-refractivity contribution < 1.29 is 13.9 Å². The van der Waals surface area contributed by atoms with Gasteiger partial charge in [0.25, 0.3) is 11.8 Å². The molecule has 0 aliphatic heterocycles. The molecule has 0 fully saturated rings. The fraction of sp³-hybridized carbons (Fsp3) is 0.0625. The minimum absolute atomic E-state index is 0.0757. The molecule has 3 aromatic heterocycles. The van der Waals surface area contributed by atoms with E-state index < -0.39 is 5.97 Å². The largest absolute Gasteiger partial charge is 0.451 e. The van der Waals surface area contributed by atoms with Crippen LogP contribution in [0, 0.1) is 0 Å². The van der Waals surface area contributed by atoms with E-state index in [4.69, 9.17) is 9.15 Å². The summed E-state index contributed by atoms with van der Waals surface area (Å²) in [6, 6.07) is 13.2. The zero-order chi connectivity index (χ0) is 16.5. The van der Waals surface area contributed by atoms with E-state index in [0.717, 1.165) is 19.6 Å². The van der Waals surface area contributed by atoms with Crippen molar-refractivity contribution in [2.24, 2.45) is 0 Å². The Kier molecular flexibility index (Phi) is 3.91. The lowest BCUT2D eigenvalue weighted by atomic mass is 10.2. The number of para-hydroxylation sites is 1. The number of rotatable bonds is 4. The van der Waals surface area contributed by atoms with Crippen LogP contribution in [-0.4, -0.2) is 21.2 Å². The van der Waals surface area contributed by atoms with E-state index in [1.54, 1.807) is 6.07 Å². The first-order chi connectivity index (χ1) is 11.7. The number of carbonyl (C=O) groups excluding carboxylic acids is 1. The van der Waals surface area contributed by atoms with Crippen molar-refractivity contribution in [3.05, 3.63) is 57.8 Å². The molecule has 0 amide bonds. The Balaban J connectivity index is 1.44. The number of H-pyrrole nitrogens is 1. The molecule has 0 radical (unpaired) electrons. The summed E-state index contributed by atoms with van der Waals surface area (Å²) in [6.45, 7) is -0.0757. The molecule has 0 unspecified atom stereocenters. The normalized spacial score (nSPS) is 11.0. The summed E-state index contributed by atoms with van der Waals surface area (Å²) in [6.07, 6.45) is 0. The maximum Gasteiger partial charge on any atom is 0.355 e. The Morgan fingerprint density at radius 3 is 2.92 bits per heavy atom. The fourth-order valence-corrected chi connectivity index (χ4v) is 3.54. The summed E-state index contributed by atoms with van der Waals surface area (Å²) in [5, 5.41) is 8.81. The highest BCUT2D eigenvalue weighted by atomic mass is 79.9. The maximum atomic E-state index is 12.1. The van der Waals surface area contributed by atoms with Gasteiger partial charge < -0.3 is 14.1 Å². The highest BCUT2D eigenvalue weighted by Crippen LogP contribution is 2.30. The van der Waals surface area contributed by atoms with Crippen molar-refractivity contribution in [1.82, 2.24) is 15.2 Å². The highest BCUT2D eigenvalue weighted by Gasteiger charge is 2.15. The van der Waals surface area contributed by atoms with E-state index in [1.165, 1.54) is 11.3 Å². The minimum atomic E-state index is -0.468. The van der Waals surface area contributed by atoms with Crippen LogP contribution in [0.15, 0.2) is 50.7 Å². The number of fused-ring (bicyclic) bond motifs is 1. The van der Waals surface area contributed by atoms with Crippen molar-refractivity contribution in [2.45, 2.75) is 6.61 Å². The van der Waals surface area contributed by atoms with E-state index in [-0.39, 0.29) is 12.5 Å². The van der Waals surface area contributed by atoms with Crippen LogP contribution in [0.2, 0.25) is 0 Å². The Bertz CT molecular complexity index is 987. The Hall–Kier alpha value is -2.45. The van der Waals surface area contributed by atoms with Crippen LogP contribution < -0.4 is 0 Å². The molecule has 0 aliphatic carbocycles. The molecule has 24 heavy (non-hydrogen) atoms. The number of halogens is 1. The summed E-state index contributed by atoms with van der Waals surface area (Å²) in [5.74, 6) is 0.186. The van der Waals surface area contributed by atoms with Gasteiger partial charge in [-0.2, -0.15) is 0 Å². The molecule has 8 heteroatoms. The van der Waals surface area contributed by atoms with Crippen LogP contribution in [0.25, 0.3) is 21.7 Å². The molecular weight excluding hydrogens is 394 g/mol. The van der Waals surface area contributed by atoms with Crippen molar-refractivity contribution in [2.75, 3.05) is 0 Å². The third-order valence-corrected chi connectivity index (χ3v) is 4.94. The monoisotopic (exact) mass is 403 g/mol. The van der Waals surface area contributed by atoms with Gasteiger partial charge in [0.15, 0.2) is 6.61 Å². The van der Waals surface area contributed by atoms with Crippen molar-refractivity contribution in [3.8, 4) is 10.8 Å². The van der Waals surface area contributed by atoms with E-state index >= 15 is 0 Å². The van der Waals surface area contributed by atoms with E-state index in [9.17, 15) is 4.79 Å². The van der Waals surface area contributed by atoms with Crippen LogP contribution in [0.4, 0.5) is 0 Å². The van der Waals surface area contributed by atoms with Crippen LogP contribution in [0.1, 0.15) is 16.4 Å². The number of esters is 1. The zero-order valence-electron chi connectivity index (χ0n) is 12.2. The Morgan fingerprint density at radius 2 is 2.12 bits per heavy atom. The number of hydrogen-bond acceptors (Lipinski definition) is 6. The van der Waals surface area contributed by atoms with Crippen molar-refractivity contribution in [1.29, 1.82) is 0 Å². The fourth-order valence-electron chi connectivity index (χ4n) is 2.23. The average Bonchev–Trinajstić information content (AvgIpc) is 3.31.